The third-order valence-corrected chi connectivity index (χ3v) is 3.70. The third-order valence-electron chi connectivity index (χ3n) is 3.70. The average molecular weight is 285 g/mol. The molecule has 1 aromatic rings. The first-order valence-electron chi connectivity index (χ1n) is 6.27. The number of benzene rings is 1. The summed E-state index contributed by atoms with van der Waals surface area (Å²) in [5.74, 6) is -1.42. The molecular weight excluding hydrogens is 271 g/mol. The highest BCUT2D eigenvalue weighted by Crippen LogP contribution is 2.37. The zero-order valence-electron chi connectivity index (χ0n) is 10.6. The molecule has 2 rings (SSSR count). The number of carbonyl (C=O) groups is 2. The van der Waals surface area contributed by atoms with Gasteiger partial charge >= 0.3 is 6.18 Å². The van der Waals surface area contributed by atoms with E-state index in [9.17, 15) is 22.8 Å². The second-order valence-electron chi connectivity index (χ2n) is 5.02. The highest BCUT2D eigenvalue weighted by atomic mass is 19.4. The van der Waals surface area contributed by atoms with Crippen molar-refractivity contribution < 1.29 is 22.8 Å². The molecule has 0 aliphatic heterocycles. The zero-order chi connectivity index (χ0) is 14.9. The number of halogens is 3. The van der Waals surface area contributed by atoms with E-state index in [0.717, 1.165) is 12.1 Å². The molecule has 6 heteroatoms. The first-order valence-corrected chi connectivity index (χ1v) is 6.27. The van der Waals surface area contributed by atoms with Gasteiger partial charge in [0.25, 0.3) is 0 Å². The SMILES string of the molecule is NC(=O)[C@@H]1CCC(=O)C[C@H]1c1ccc(C(F)(F)F)cc1. The Balaban J connectivity index is 2.28. The predicted octanol–water partition coefficient (Wildman–Crippen LogP) is 2.64. The Kier molecular flexibility index (Phi) is 3.83. The molecule has 0 aromatic heterocycles. The second-order valence-corrected chi connectivity index (χ2v) is 5.02. The average Bonchev–Trinajstić information content (AvgIpc) is 2.37. The largest absolute Gasteiger partial charge is 0.416 e. The molecule has 0 radical (unpaired) electrons. The van der Waals surface area contributed by atoms with Crippen LogP contribution in [-0.2, 0) is 15.8 Å². The molecule has 1 fully saturated rings. The Morgan fingerprint density at radius 3 is 2.30 bits per heavy atom. The number of primary amides is 1. The molecule has 108 valence electrons. The van der Waals surface area contributed by atoms with Crippen LogP contribution in [-0.4, -0.2) is 11.7 Å². The summed E-state index contributed by atoms with van der Waals surface area (Å²) in [6.45, 7) is 0. The van der Waals surface area contributed by atoms with E-state index >= 15 is 0 Å². The highest BCUT2D eigenvalue weighted by Gasteiger charge is 2.35. The molecular formula is C14H14F3NO2. The lowest BCUT2D eigenvalue weighted by Crippen LogP contribution is -2.33. The maximum Gasteiger partial charge on any atom is 0.416 e. The number of rotatable bonds is 2. The van der Waals surface area contributed by atoms with Crippen molar-refractivity contribution in [3.63, 3.8) is 0 Å². The van der Waals surface area contributed by atoms with E-state index in [1.54, 1.807) is 0 Å². The van der Waals surface area contributed by atoms with Crippen molar-refractivity contribution in [1.29, 1.82) is 0 Å². The van der Waals surface area contributed by atoms with Gasteiger partial charge in [-0.25, -0.2) is 0 Å². The predicted molar refractivity (Wildman–Crippen MR) is 65.7 cm³/mol. The van der Waals surface area contributed by atoms with Crippen molar-refractivity contribution in [1.82, 2.24) is 0 Å². The lowest BCUT2D eigenvalue weighted by molar-refractivity contribution is -0.137. The van der Waals surface area contributed by atoms with Crippen molar-refractivity contribution in [2.75, 3.05) is 0 Å². The fraction of sp³-hybridized carbons (Fsp3) is 0.429. The van der Waals surface area contributed by atoms with Gasteiger partial charge in [-0.05, 0) is 24.1 Å². The molecule has 0 heterocycles. The Bertz CT molecular complexity index is 522. The quantitative estimate of drug-likeness (QED) is 0.908. The molecule has 1 saturated carbocycles. The number of alkyl halides is 3. The van der Waals surface area contributed by atoms with Crippen LogP contribution >= 0.6 is 0 Å². The molecule has 1 aromatic carbocycles. The molecule has 2 atom stereocenters. The van der Waals surface area contributed by atoms with Gasteiger partial charge in [0.1, 0.15) is 5.78 Å². The Hall–Kier alpha value is -1.85. The number of ketones is 1. The topological polar surface area (TPSA) is 60.2 Å². The summed E-state index contributed by atoms with van der Waals surface area (Å²) in [6, 6.07) is 4.57. The molecule has 0 spiro atoms. The molecule has 1 amide bonds. The zero-order valence-corrected chi connectivity index (χ0v) is 10.6. The summed E-state index contributed by atoms with van der Waals surface area (Å²) in [6.07, 6.45) is -3.59. The van der Waals surface area contributed by atoms with E-state index in [1.165, 1.54) is 12.1 Å². The number of Topliss-reactive ketones (excluding diaryl/α,β-unsaturated/α-hetero) is 1. The Morgan fingerprint density at radius 1 is 1.20 bits per heavy atom. The summed E-state index contributed by atoms with van der Waals surface area (Å²) >= 11 is 0. The van der Waals surface area contributed by atoms with Crippen LogP contribution in [0.3, 0.4) is 0 Å². The van der Waals surface area contributed by atoms with Crippen LogP contribution in [0.5, 0.6) is 0 Å². The first-order chi connectivity index (χ1) is 9.29. The van der Waals surface area contributed by atoms with E-state index in [4.69, 9.17) is 5.73 Å². The van der Waals surface area contributed by atoms with E-state index < -0.39 is 29.5 Å². The summed E-state index contributed by atoms with van der Waals surface area (Å²) in [5.41, 5.74) is 5.11. The number of hydrogen-bond acceptors (Lipinski definition) is 2. The van der Waals surface area contributed by atoms with E-state index in [2.05, 4.69) is 0 Å². The fourth-order valence-corrected chi connectivity index (χ4v) is 2.62. The minimum Gasteiger partial charge on any atom is -0.369 e. The lowest BCUT2D eigenvalue weighted by Gasteiger charge is -2.29. The number of carbonyl (C=O) groups excluding carboxylic acids is 2. The van der Waals surface area contributed by atoms with Crippen LogP contribution in [0, 0.1) is 5.92 Å². The molecule has 0 unspecified atom stereocenters. The standard InChI is InChI=1S/C14H14F3NO2/c15-14(16,17)9-3-1-8(2-4-9)12-7-10(19)5-6-11(12)13(18)20/h1-4,11-12H,5-7H2,(H2,18,20)/t11-,12+/m1/s1. The van der Waals surface area contributed by atoms with E-state index in [0.29, 0.717) is 18.4 Å². The fourth-order valence-electron chi connectivity index (χ4n) is 2.62. The van der Waals surface area contributed by atoms with Gasteiger partial charge in [-0.15, -0.1) is 0 Å². The van der Waals surface area contributed by atoms with Gasteiger partial charge in [0.15, 0.2) is 0 Å². The van der Waals surface area contributed by atoms with Crippen LogP contribution in [0.1, 0.15) is 36.3 Å². The van der Waals surface area contributed by atoms with Gasteiger partial charge in [0, 0.05) is 24.7 Å². The van der Waals surface area contributed by atoms with Crippen molar-refractivity contribution in [3.8, 4) is 0 Å². The Labute approximate surface area is 114 Å². The third kappa shape index (κ3) is 3.00. The summed E-state index contributed by atoms with van der Waals surface area (Å²) < 4.78 is 37.5. The van der Waals surface area contributed by atoms with E-state index in [-0.39, 0.29) is 12.2 Å². The molecule has 0 bridgehead atoms. The first kappa shape index (κ1) is 14.6. The van der Waals surface area contributed by atoms with Gasteiger partial charge in [-0.3, -0.25) is 9.59 Å². The minimum absolute atomic E-state index is 0.00685. The van der Waals surface area contributed by atoms with Crippen molar-refractivity contribution >= 4 is 11.7 Å². The summed E-state index contributed by atoms with van der Waals surface area (Å²) in [4.78, 5) is 22.9. The molecule has 2 N–H and O–H groups in total. The van der Waals surface area contributed by atoms with Crippen LogP contribution in [0.2, 0.25) is 0 Å². The maximum absolute atomic E-state index is 12.5. The molecule has 0 saturated heterocycles. The van der Waals surface area contributed by atoms with Gasteiger partial charge in [0.2, 0.25) is 5.91 Å². The van der Waals surface area contributed by atoms with Crippen LogP contribution in [0.4, 0.5) is 13.2 Å². The van der Waals surface area contributed by atoms with Gasteiger partial charge < -0.3 is 5.73 Å². The normalized spacial score (nSPS) is 23.6. The monoisotopic (exact) mass is 285 g/mol. The lowest BCUT2D eigenvalue weighted by atomic mass is 9.74. The van der Waals surface area contributed by atoms with Crippen LogP contribution in [0.15, 0.2) is 24.3 Å². The smallest absolute Gasteiger partial charge is 0.369 e. The highest BCUT2D eigenvalue weighted by molar-refractivity contribution is 5.85. The molecule has 1 aliphatic rings. The number of nitrogens with two attached hydrogens (primary N) is 1. The molecule has 1 aliphatic carbocycles. The van der Waals surface area contributed by atoms with Crippen LogP contribution in [0.25, 0.3) is 0 Å². The van der Waals surface area contributed by atoms with Gasteiger partial charge in [-0.2, -0.15) is 13.2 Å². The molecule has 20 heavy (non-hydrogen) atoms. The molecule has 3 nitrogen and oxygen atoms in total. The number of hydrogen-bond donors (Lipinski definition) is 1. The van der Waals surface area contributed by atoms with Crippen LogP contribution < -0.4 is 5.73 Å². The van der Waals surface area contributed by atoms with Crippen molar-refractivity contribution in [2.24, 2.45) is 11.7 Å². The van der Waals surface area contributed by atoms with E-state index in [1.807, 2.05) is 0 Å². The second kappa shape index (κ2) is 5.26. The van der Waals surface area contributed by atoms with Gasteiger partial charge in [0.05, 0.1) is 5.56 Å². The number of amides is 1. The van der Waals surface area contributed by atoms with Gasteiger partial charge in [-0.1, -0.05) is 12.1 Å². The maximum atomic E-state index is 12.5. The summed E-state index contributed by atoms with van der Waals surface area (Å²) in [7, 11) is 0. The van der Waals surface area contributed by atoms with Crippen molar-refractivity contribution in [3.05, 3.63) is 35.4 Å². The summed E-state index contributed by atoms with van der Waals surface area (Å²) in [5, 5.41) is 0. The Morgan fingerprint density at radius 2 is 1.80 bits per heavy atom. The minimum atomic E-state index is -4.40. The van der Waals surface area contributed by atoms with Crippen molar-refractivity contribution in [2.45, 2.75) is 31.4 Å².